The van der Waals surface area contributed by atoms with E-state index < -0.39 is 23.3 Å². The molecule has 2 aromatic carbocycles. The molecule has 2 saturated heterocycles. The number of likely N-dealkylation sites (tertiary alicyclic amines) is 1. The summed E-state index contributed by atoms with van der Waals surface area (Å²) in [6.45, 7) is 10.6. The first-order chi connectivity index (χ1) is 18.8. The zero-order valence-corrected chi connectivity index (χ0v) is 24.5. The smallest absolute Gasteiger partial charge is 0.408 e. The minimum Gasteiger partial charge on any atom is -0.508 e. The number of ether oxygens (including phenoxy) is 3. The minimum absolute atomic E-state index is 0.0143. The number of piperidine rings is 1. The maximum Gasteiger partial charge on any atom is 0.408 e. The number of hydrogen-bond donors (Lipinski definition) is 2. The Labute approximate surface area is 240 Å². The molecule has 8 nitrogen and oxygen atoms in total. The average Bonchev–Trinajstić information content (AvgIpc) is 2.87. The van der Waals surface area contributed by atoms with Crippen LogP contribution in [0.15, 0.2) is 42.5 Å². The third-order valence-electron chi connectivity index (χ3n) is 8.13. The van der Waals surface area contributed by atoms with E-state index in [-0.39, 0.29) is 42.1 Å². The zero-order valence-electron chi connectivity index (χ0n) is 23.8. The molecule has 9 heteroatoms. The van der Waals surface area contributed by atoms with E-state index in [1.165, 1.54) is 0 Å². The molecule has 0 aliphatic carbocycles. The quantitative estimate of drug-likeness (QED) is 0.493. The van der Waals surface area contributed by atoms with Crippen molar-refractivity contribution in [2.75, 3.05) is 13.1 Å². The molecule has 2 aromatic rings. The third kappa shape index (κ3) is 6.18. The first-order valence-corrected chi connectivity index (χ1v) is 14.4. The summed E-state index contributed by atoms with van der Waals surface area (Å²) >= 11 is 6.33. The van der Waals surface area contributed by atoms with Gasteiger partial charge in [-0.15, -0.1) is 0 Å². The van der Waals surface area contributed by atoms with Gasteiger partial charge in [0.05, 0.1) is 12.2 Å². The second-order valence-corrected chi connectivity index (χ2v) is 13.2. The van der Waals surface area contributed by atoms with Gasteiger partial charge in [-0.25, -0.2) is 4.79 Å². The van der Waals surface area contributed by atoms with Crippen LogP contribution in [0.25, 0.3) is 0 Å². The summed E-state index contributed by atoms with van der Waals surface area (Å²) in [6, 6.07) is 11.5. The lowest BCUT2D eigenvalue weighted by Crippen LogP contribution is -2.58. The van der Waals surface area contributed by atoms with E-state index in [1.54, 1.807) is 45.0 Å². The number of nitrogens with zero attached hydrogens (tertiary/aromatic N) is 1. The van der Waals surface area contributed by atoms with E-state index in [0.717, 1.165) is 23.3 Å². The van der Waals surface area contributed by atoms with Gasteiger partial charge < -0.3 is 29.5 Å². The number of phenols is 1. The van der Waals surface area contributed by atoms with Crippen molar-refractivity contribution in [2.24, 2.45) is 11.8 Å². The van der Waals surface area contributed by atoms with Gasteiger partial charge in [0.25, 0.3) is 0 Å². The largest absolute Gasteiger partial charge is 0.508 e. The van der Waals surface area contributed by atoms with Crippen LogP contribution < -0.4 is 10.1 Å². The summed E-state index contributed by atoms with van der Waals surface area (Å²) in [5.74, 6) is 1.03. The second-order valence-electron chi connectivity index (χ2n) is 12.7. The SMILES string of the molecule is CC(C)(C)OC(=O)N[C@@H](Cc1ccc(O)cc1)C(=O)N1CC[C@@H]2O[C@@H]3c4cc(Cl)ccc4OC(C)(C)[C@H]3C[C@@H]2C1. The number of nitrogens with one attached hydrogen (secondary N) is 1. The molecule has 216 valence electrons. The van der Waals surface area contributed by atoms with Crippen LogP contribution in [-0.2, 0) is 20.7 Å². The fraction of sp³-hybridized carbons (Fsp3) is 0.548. The van der Waals surface area contributed by atoms with Crippen LogP contribution in [-0.4, -0.2) is 58.4 Å². The number of fused-ring (bicyclic) bond motifs is 4. The van der Waals surface area contributed by atoms with E-state index in [4.69, 9.17) is 25.8 Å². The van der Waals surface area contributed by atoms with Crippen molar-refractivity contribution >= 4 is 23.6 Å². The predicted molar refractivity (Wildman–Crippen MR) is 152 cm³/mol. The van der Waals surface area contributed by atoms with Gasteiger partial charge in [-0.2, -0.15) is 0 Å². The third-order valence-corrected chi connectivity index (χ3v) is 8.36. The molecule has 2 N–H and O–H groups in total. The van der Waals surface area contributed by atoms with Gasteiger partial charge in [0.15, 0.2) is 0 Å². The van der Waals surface area contributed by atoms with Crippen molar-refractivity contribution in [3.8, 4) is 11.5 Å². The average molecular weight is 571 g/mol. The number of aromatic hydroxyl groups is 1. The number of amides is 2. The van der Waals surface area contributed by atoms with Crippen molar-refractivity contribution in [2.45, 2.75) is 83.3 Å². The lowest BCUT2D eigenvalue weighted by Gasteiger charge is -2.53. The van der Waals surface area contributed by atoms with Crippen LogP contribution in [0.2, 0.25) is 5.02 Å². The number of hydrogen-bond acceptors (Lipinski definition) is 6. The number of carbonyl (C=O) groups excluding carboxylic acids is 2. The Balaban J connectivity index is 1.32. The highest BCUT2D eigenvalue weighted by Crippen LogP contribution is 2.53. The number of rotatable bonds is 4. The van der Waals surface area contributed by atoms with Gasteiger partial charge in [-0.3, -0.25) is 4.79 Å². The fourth-order valence-electron chi connectivity index (χ4n) is 6.22. The Morgan fingerprint density at radius 3 is 2.62 bits per heavy atom. The van der Waals surface area contributed by atoms with E-state index in [1.807, 2.05) is 23.1 Å². The van der Waals surface area contributed by atoms with Gasteiger partial charge in [0, 0.05) is 41.9 Å². The van der Waals surface area contributed by atoms with E-state index in [2.05, 4.69) is 19.2 Å². The van der Waals surface area contributed by atoms with E-state index in [0.29, 0.717) is 24.5 Å². The van der Waals surface area contributed by atoms with Crippen LogP contribution in [0, 0.1) is 11.8 Å². The number of halogens is 1. The minimum atomic E-state index is -0.809. The lowest BCUT2D eigenvalue weighted by molar-refractivity contribution is -0.189. The molecular weight excluding hydrogens is 532 g/mol. The van der Waals surface area contributed by atoms with Crippen molar-refractivity contribution in [1.29, 1.82) is 0 Å². The Kier molecular flexibility index (Phi) is 7.70. The van der Waals surface area contributed by atoms with E-state index in [9.17, 15) is 14.7 Å². The highest BCUT2D eigenvalue weighted by atomic mass is 35.5. The molecule has 0 aromatic heterocycles. The number of benzene rings is 2. The standard InChI is InChI=1S/C31H39ClN2O6/c1-30(2,3)40-29(37)33-24(14-18-6-9-21(35)10-7-18)28(36)34-13-12-25-19(17-34)15-23-27(38-25)22-16-20(32)8-11-26(22)39-31(23,4)5/h6-11,16,19,23-25,27,35H,12-15,17H2,1-5H3,(H,33,37)/t19-,23+,24+,25+,27-/m1/s1. The van der Waals surface area contributed by atoms with Crippen LogP contribution in [0.3, 0.4) is 0 Å². The van der Waals surface area contributed by atoms with Gasteiger partial charge in [0.2, 0.25) is 5.91 Å². The molecule has 2 amide bonds. The molecule has 0 spiro atoms. The summed E-state index contributed by atoms with van der Waals surface area (Å²) in [7, 11) is 0. The maximum atomic E-state index is 13.9. The fourth-order valence-corrected chi connectivity index (χ4v) is 6.40. The zero-order chi connectivity index (χ0) is 28.8. The molecule has 5 atom stereocenters. The summed E-state index contributed by atoms with van der Waals surface area (Å²) in [4.78, 5) is 28.4. The molecule has 40 heavy (non-hydrogen) atoms. The molecule has 3 heterocycles. The van der Waals surface area contributed by atoms with Crippen molar-refractivity contribution < 1.29 is 28.9 Å². The first-order valence-electron chi connectivity index (χ1n) is 14.0. The topological polar surface area (TPSA) is 97.3 Å². The maximum absolute atomic E-state index is 13.9. The van der Waals surface area contributed by atoms with Crippen LogP contribution in [0.4, 0.5) is 4.79 Å². The highest BCUT2D eigenvalue weighted by molar-refractivity contribution is 6.30. The Morgan fingerprint density at radius 1 is 1.20 bits per heavy atom. The molecule has 0 unspecified atom stereocenters. The molecular formula is C31H39ClN2O6. The second kappa shape index (κ2) is 10.8. The van der Waals surface area contributed by atoms with Crippen LogP contribution in [0.5, 0.6) is 11.5 Å². The summed E-state index contributed by atoms with van der Waals surface area (Å²) < 4.78 is 18.6. The molecule has 3 aliphatic rings. The monoisotopic (exact) mass is 570 g/mol. The summed E-state index contributed by atoms with van der Waals surface area (Å²) in [5, 5.41) is 13.1. The normalized spacial score (nSPS) is 25.9. The molecule has 0 bridgehead atoms. The molecule has 0 radical (unpaired) electrons. The lowest BCUT2D eigenvalue weighted by atomic mass is 9.70. The van der Waals surface area contributed by atoms with Crippen molar-refractivity contribution in [3.05, 3.63) is 58.6 Å². The van der Waals surface area contributed by atoms with Gasteiger partial charge in [0.1, 0.15) is 28.7 Å². The van der Waals surface area contributed by atoms with Crippen LogP contribution >= 0.6 is 11.6 Å². The van der Waals surface area contributed by atoms with Gasteiger partial charge in [-0.1, -0.05) is 23.7 Å². The molecule has 2 fully saturated rings. The highest BCUT2D eigenvalue weighted by Gasteiger charge is 2.52. The molecule has 3 aliphatic heterocycles. The molecule has 5 rings (SSSR count). The Hall–Kier alpha value is -2.97. The van der Waals surface area contributed by atoms with Gasteiger partial charge in [-0.05, 0) is 83.4 Å². The molecule has 0 saturated carbocycles. The van der Waals surface area contributed by atoms with Gasteiger partial charge >= 0.3 is 6.09 Å². The summed E-state index contributed by atoms with van der Waals surface area (Å²) in [5.41, 5.74) is 0.679. The Bertz CT molecular complexity index is 1260. The van der Waals surface area contributed by atoms with Crippen molar-refractivity contribution in [3.63, 3.8) is 0 Å². The number of alkyl carbamates (subject to hydrolysis) is 1. The first kappa shape index (κ1) is 28.6. The van der Waals surface area contributed by atoms with Crippen molar-refractivity contribution in [1.82, 2.24) is 10.2 Å². The van der Waals surface area contributed by atoms with Crippen LogP contribution in [0.1, 0.15) is 64.7 Å². The predicted octanol–water partition coefficient (Wildman–Crippen LogP) is 5.65. The van der Waals surface area contributed by atoms with E-state index >= 15 is 0 Å². The Morgan fingerprint density at radius 2 is 1.93 bits per heavy atom. The number of carbonyl (C=O) groups is 2. The number of phenolic OH excluding ortho intramolecular Hbond substituents is 1. The summed E-state index contributed by atoms with van der Waals surface area (Å²) in [6.07, 6.45) is 1.09.